The van der Waals surface area contributed by atoms with E-state index in [0.717, 1.165) is 19.6 Å². The number of benzene rings is 2. The van der Waals surface area contributed by atoms with Crippen molar-refractivity contribution in [3.8, 4) is 0 Å². The summed E-state index contributed by atoms with van der Waals surface area (Å²) in [5.74, 6) is 0. The third kappa shape index (κ3) is 12.0. The summed E-state index contributed by atoms with van der Waals surface area (Å²) >= 11 is 0. The molecule has 2 aromatic rings. The summed E-state index contributed by atoms with van der Waals surface area (Å²) in [5, 5.41) is 12.9. The third-order valence-corrected chi connectivity index (χ3v) is 5.80. The van der Waals surface area contributed by atoms with E-state index >= 15 is 0 Å². The van der Waals surface area contributed by atoms with Crippen molar-refractivity contribution in [2.24, 2.45) is 0 Å². The summed E-state index contributed by atoms with van der Waals surface area (Å²) in [6.45, 7) is 22.5. The fourth-order valence-corrected chi connectivity index (χ4v) is 4.18. The lowest BCUT2D eigenvalue weighted by Crippen LogP contribution is -2.68. The lowest BCUT2D eigenvalue weighted by Gasteiger charge is -2.52. The molecule has 0 saturated heterocycles. The van der Waals surface area contributed by atoms with Crippen LogP contribution in [0.25, 0.3) is 0 Å². The molecule has 1 aliphatic rings. The number of nitrogens with zero attached hydrogens (tertiary/aromatic N) is 4. The lowest BCUT2D eigenvalue weighted by atomic mass is 10.1. The molecule has 1 aliphatic heterocycles. The highest BCUT2D eigenvalue weighted by molar-refractivity contribution is 5.85. The predicted octanol–water partition coefficient (Wildman–Crippen LogP) is 6.85. The summed E-state index contributed by atoms with van der Waals surface area (Å²) in [6.07, 6.45) is 2.21. The maximum Gasteiger partial charge on any atom is 0.0723 e. The van der Waals surface area contributed by atoms with Gasteiger partial charge in [0, 0.05) is 35.4 Å². The monoisotopic (exact) mass is 584 g/mol. The largest absolute Gasteiger partial charge is 0.381 e. The highest BCUT2D eigenvalue weighted by atomic mass is 35.5. The number of hydrazine groups is 4. The average molecular weight is 586 g/mol. The molecule has 0 unspecified atom stereocenters. The van der Waals surface area contributed by atoms with Gasteiger partial charge in [-0.05, 0) is 73.4 Å². The van der Waals surface area contributed by atoms with Crippen LogP contribution in [-0.2, 0) is 13.1 Å². The molecule has 8 nitrogen and oxygen atoms in total. The van der Waals surface area contributed by atoms with Gasteiger partial charge < -0.3 is 17.6 Å². The molecule has 8 N–H and O–H groups in total. The number of hydrogen-bond donors (Lipinski definition) is 4. The summed E-state index contributed by atoms with van der Waals surface area (Å²) in [4.78, 5) is 0. The molecule has 0 saturated carbocycles. The predicted molar refractivity (Wildman–Crippen MR) is 171 cm³/mol. The summed E-state index contributed by atoms with van der Waals surface area (Å²) in [5.41, 5.74) is 7.21. The van der Waals surface area contributed by atoms with Crippen LogP contribution in [-0.4, -0.2) is 43.4 Å². The van der Waals surface area contributed by atoms with E-state index in [2.05, 4.69) is 160 Å². The molecule has 0 amide bonds. The second-order valence-corrected chi connectivity index (χ2v) is 12.5. The molecular formula is C29H54Cl2N8. The number of hydrogen-bond acceptors (Lipinski definition) is 8. The van der Waals surface area contributed by atoms with Crippen molar-refractivity contribution >= 4 is 24.8 Å². The van der Waals surface area contributed by atoms with Crippen molar-refractivity contribution in [1.82, 2.24) is 43.4 Å². The molecule has 0 spiro atoms. The summed E-state index contributed by atoms with van der Waals surface area (Å²) in [7, 11) is 0. The molecular weight excluding hydrogens is 531 g/mol. The van der Waals surface area contributed by atoms with Crippen LogP contribution in [0.5, 0.6) is 0 Å². The zero-order valence-corrected chi connectivity index (χ0v) is 27.1. The van der Waals surface area contributed by atoms with Crippen LogP contribution in [0.3, 0.4) is 0 Å². The van der Waals surface area contributed by atoms with Crippen molar-refractivity contribution in [2.45, 2.75) is 92.0 Å². The van der Waals surface area contributed by atoms with Crippen LogP contribution in [0.2, 0.25) is 0 Å². The Kier molecular flexibility index (Phi) is 15.9. The van der Waals surface area contributed by atoms with Gasteiger partial charge in [0.1, 0.15) is 0 Å². The maximum absolute atomic E-state index is 3.74. The van der Waals surface area contributed by atoms with Gasteiger partial charge in [-0.25, -0.2) is 10.1 Å². The molecule has 1 heterocycles. The van der Waals surface area contributed by atoms with Gasteiger partial charge >= 0.3 is 0 Å². The molecule has 3 rings (SSSR count). The molecule has 0 aliphatic carbocycles. The molecule has 224 valence electrons. The second kappa shape index (κ2) is 15.8. The zero-order chi connectivity index (χ0) is 25.9. The van der Waals surface area contributed by atoms with Crippen molar-refractivity contribution in [3.05, 3.63) is 83.7 Å². The fourth-order valence-electron chi connectivity index (χ4n) is 4.18. The molecule has 0 radical (unpaired) electrons. The molecule has 0 fully saturated rings. The molecule has 2 aromatic carbocycles. The van der Waals surface area contributed by atoms with Gasteiger partial charge in [0.2, 0.25) is 0 Å². The first-order valence-electron chi connectivity index (χ1n) is 12.7. The lowest BCUT2D eigenvalue weighted by molar-refractivity contribution is -0.233. The van der Waals surface area contributed by atoms with Crippen molar-refractivity contribution in [3.63, 3.8) is 0 Å². The van der Waals surface area contributed by atoms with Gasteiger partial charge in [-0.3, -0.25) is 0 Å². The first-order valence-corrected chi connectivity index (χ1v) is 12.7. The minimum absolute atomic E-state index is 0. The van der Waals surface area contributed by atoms with E-state index in [1.54, 1.807) is 0 Å². The molecule has 0 atom stereocenters. The average Bonchev–Trinajstić information content (AvgIpc) is 2.74. The van der Waals surface area contributed by atoms with Gasteiger partial charge in [0.05, 0.1) is 12.7 Å². The Morgan fingerprint density at radius 3 is 1.49 bits per heavy atom. The third-order valence-electron chi connectivity index (χ3n) is 5.80. The first kappa shape index (κ1) is 39.3. The van der Waals surface area contributed by atoms with Gasteiger partial charge in [-0.15, -0.1) is 30.3 Å². The van der Waals surface area contributed by atoms with Crippen LogP contribution in [0.15, 0.2) is 72.6 Å². The van der Waals surface area contributed by atoms with Crippen LogP contribution < -0.4 is 23.2 Å². The van der Waals surface area contributed by atoms with Crippen molar-refractivity contribution < 1.29 is 0 Å². The van der Waals surface area contributed by atoms with Gasteiger partial charge in [0.25, 0.3) is 0 Å². The first-order chi connectivity index (χ1) is 16.2. The van der Waals surface area contributed by atoms with Crippen LogP contribution in [0.1, 0.15) is 73.4 Å². The Morgan fingerprint density at radius 2 is 1.10 bits per heavy atom. The van der Waals surface area contributed by atoms with E-state index in [4.69, 9.17) is 0 Å². The van der Waals surface area contributed by atoms with E-state index in [-0.39, 0.29) is 53.7 Å². The number of halogens is 2. The Hall–Kier alpha value is -1.88. The highest BCUT2D eigenvalue weighted by Crippen LogP contribution is 2.26. The topological polar surface area (TPSA) is 107 Å². The second-order valence-electron chi connectivity index (χ2n) is 12.5. The Bertz CT molecular complexity index is 967. The molecule has 10 heteroatoms. The summed E-state index contributed by atoms with van der Waals surface area (Å²) in [6, 6.07) is 21.4. The van der Waals surface area contributed by atoms with E-state index in [1.165, 1.54) is 16.8 Å². The molecule has 0 aromatic heterocycles. The Labute approximate surface area is 250 Å². The number of nitrogens with one attached hydrogen (secondary N) is 2. The van der Waals surface area contributed by atoms with E-state index < -0.39 is 0 Å². The normalized spacial score (nSPS) is 14.4. The minimum Gasteiger partial charge on any atom is -0.381 e. The summed E-state index contributed by atoms with van der Waals surface area (Å²) < 4.78 is 0. The Morgan fingerprint density at radius 1 is 0.692 bits per heavy atom. The Balaban J connectivity index is 0. The SMILES string of the molecule is CC(C)(C)NC1=CN(N(Cc2ccccc2)C(C)(C)C)NN(N(Cc2ccccc2)C(C)(C)C)C1.Cl.Cl.N.N. The smallest absolute Gasteiger partial charge is 0.0723 e. The van der Waals surface area contributed by atoms with Gasteiger partial charge in [0.15, 0.2) is 0 Å². The fraction of sp³-hybridized carbons (Fsp3) is 0.517. The molecule has 39 heavy (non-hydrogen) atoms. The maximum atomic E-state index is 3.74. The number of rotatable bonds is 7. The van der Waals surface area contributed by atoms with Gasteiger partial charge in [-0.1, -0.05) is 60.7 Å². The quantitative estimate of drug-likeness (QED) is 0.280. The van der Waals surface area contributed by atoms with Crippen LogP contribution in [0.4, 0.5) is 0 Å². The van der Waals surface area contributed by atoms with Gasteiger partial charge in [-0.2, -0.15) is 10.1 Å². The van der Waals surface area contributed by atoms with E-state index in [1.807, 2.05) is 0 Å². The standard InChI is InChI=1S/C29H46N6.2ClH.2H3N/c1-27(2,3)30-26-22-34(32(28(4,5)6)20-24-16-12-10-13-17-24)31-35(23-26)33(29(7,8)9)21-25-18-14-11-15-19-25;;;;/h10-19,22,30-31H,20-21,23H2,1-9H3;2*1H;2*1H3. The van der Waals surface area contributed by atoms with E-state index in [9.17, 15) is 0 Å². The van der Waals surface area contributed by atoms with Crippen LogP contribution >= 0.6 is 24.8 Å². The van der Waals surface area contributed by atoms with Crippen LogP contribution in [0, 0.1) is 0 Å². The van der Waals surface area contributed by atoms with E-state index in [0.29, 0.717) is 0 Å². The molecule has 0 bridgehead atoms. The zero-order valence-electron chi connectivity index (χ0n) is 25.5. The highest BCUT2D eigenvalue weighted by Gasteiger charge is 2.35. The van der Waals surface area contributed by atoms with Crippen molar-refractivity contribution in [1.29, 1.82) is 0 Å². The minimum atomic E-state index is -0.110. The van der Waals surface area contributed by atoms with Crippen molar-refractivity contribution in [2.75, 3.05) is 6.54 Å².